The van der Waals surface area contributed by atoms with Gasteiger partial charge in [0.05, 0.1) is 0 Å². The molecule has 0 saturated heterocycles. The summed E-state index contributed by atoms with van der Waals surface area (Å²) in [4.78, 5) is 30.3. The van der Waals surface area contributed by atoms with Gasteiger partial charge < -0.3 is 19.0 Å². The summed E-state index contributed by atoms with van der Waals surface area (Å²) in [5.41, 5.74) is -0.128. The van der Waals surface area contributed by atoms with E-state index in [1.54, 1.807) is 0 Å². The minimum Gasteiger partial charge on any atom is -0.460 e. The number of nitrogens with zero attached hydrogens (tertiary/aromatic N) is 1. The Morgan fingerprint density at radius 3 is 2.11 bits per heavy atom. The Hall–Kier alpha value is -1.71. The first-order chi connectivity index (χ1) is 8.91. The van der Waals surface area contributed by atoms with Crippen LogP contribution in [0.25, 0.3) is 0 Å². The molecule has 0 aromatic carbocycles. The Bertz CT molecular complexity index is 336. The lowest BCUT2D eigenvalue weighted by atomic mass is 10.2. The Labute approximate surface area is 109 Å². The lowest BCUT2D eigenvalue weighted by molar-refractivity contribution is -0.377. The molecule has 110 valence electrons. The summed E-state index contributed by atoms with van der Waals surface area (Å²) >= 11 is 0. The summed E-state index contributed by atoms with van der Waals surface area (Å²) in [6.45, 7) is 1.47. The average molecular weight is 279 g/mol. The highest BCUT2D eigenvalue weighted by Crippen LogP contribution is 2.16. The van der Waals surface area contributed by atoms with E-state index < -0.39 is 24.3 Å². The quantitative estimate of drug-likeness (QED) is 0.216. The third kappa shape index (κ3) is 5.64. The van der Waals surface area contributed by atoms with E-state index in [0.29, 0.717) is 0 Å². The topological polar surface area (TPSA) is 113 Å². The van der Waals surface area contributed by atoms with Crippen molar-refractivity contribution in [3.05, 3.63) is 0 Å². The van der Waals surface area contributed by atoms with Gasteiger partial charge in [-0.15, -0.1) is 0 Å². The largest absolute Gasteiger partial charge is 0.460 e. The minimum atomic E-state index is -1.92. The van der Waals surface area contributed by atoms with Gasteiger partial charge in [-0.1, -0.05) is 5.16 Å². The standard InChI is InChI=1S/C10H17NO8/c1-7(12)17-5-9(11-16-4)10(15-3,19-14)6-18-8(2)13/h14H,5-6H2,1-4H3/b11-9-. The summed E-state index contributed by atoms with van der Waals surface area (Å²) < 4.78 is 14.3. The highest BCUT2D eigenvalue weighted by Gasteiger charge is 2.41. The van der Waals surface area contributed by atoms with Gasteiger partial charge in [0.2, 0.25) is 0 Å². The van der Waals surface area contributed by atoms with Crippen LogP contribution < -0.4 is 0 Å². The third-order valence-electron chi connectivity index (χ3n) is 2.00. The highest BCUT2D eigenvalue weighted by atomic mass is 17.1. The van der Waals surface area contributed by atoms with E-state index in [1.165, 1.54) is 21.1 Å². The number of carbonyl (C=O) groups excluding carboxylic acids is 2. The van der Waals surface area contributed by atoms with Gasteiger partial charge in [-0.05, 0) is 0 Å². The van der Waals surface area contributed by atoms with E-state index in [2.05, 4.69) is 14.9 Å². The Morgan fingerprint density at radius 1 is 1.16 bits per heavy atom. The smallest absolute Gasteiger partial charge is 0.303 e. The van der Waals surface area contributed by atoms with Gasteiger partial charge >= 0.3 is 11.9 Å². The molecule has 0 aliphatic rings. The highest BCUT2D eigenvalue weighted by molar-refractivity contribution is 5.93. The van der Waals surface area contributed by atoms with Crippen molar-refractivity contribution >= 4 is 17.7 Å². The first kappa shape index (κ1) is 17.3. The molecule has 0 aliphatic carbocycles. The normalized spacial score (nSPS) is 14.5. The molecule has 9 heteroatoms. The minimum absolute atomic E-state index is 0.128. The SMILES string of the molecule is CO/N=C(/COC(C)=O)C(COC(C)=O)(OC)OO. The lowest BCUT2D eigenvalue weighted by Gasteiger charge is -2.28. The van der Waals surface area contributed by atoms with E-state index >= 15 is 0 Å². The van der Waals surface area contributed by atoms with Gasteiger partial charge in [-0.2, -0.15) is 4.89 Å². The zero-order valence-corrected chi connectivity index (χ0v) is 11.2. The predicted octanol–water partition coefficient (Wildman–Crippen LogP) is -0.0527. The van der Waals surface area contributed by atoms with Gasteiger partial charge in [0.15, 0.2) is 12.3 Å². The molecule has 0 heterocycles. The van der Waals surface area contributed by atoms with Crippen molar-refractivity contribution in [2.45, 2.75) is 19.6 Å². The average Bonchev–Trinajstić information content (AvgIpc) is 2.36. The molecule has 0 spiro atoms. The van der Waals surface area contributed by atoms with E-state index in [1.807, 2.05) is 0 Å². The number of rotatable bonds is 8. The molecule has 1 atom stereocenters. The molecule has 0 radical (unpaired) electrons. The van der Waals surface area contributed by atoms with Gasteiger partial charge in [-0.3, -0.25) is 9.59 Å². The third-order valence-corrected chi connectivity index (χ3v) is 2.00. The van der Waals surface area contributed by atoms with Crippen LogP contribution in [0.4, 0.5) is 0 Å². The fourth-order valence-corrected chi connectivity index (χ4v) is 1.06. The first-order valence-electron chi connectivity index (χ1n) is 5.16. The number of ether oxygens (including phenoxy) is 3. The number of hydrogen-bond acceptors (Lipinski definition) is 9. The Morgan fingerprint density at radius 2 is 1.74 bits per heavy atom. The molecule has 0 rings (SSSR count). The number of hydrogen-bond donors (Lipinski definition) is 1. The number of carbonyl (C=O) groups is 2. The molecule has 0 aromatic rings. The lowest BCUT2D eigenvalue weighted by Crippen LogP contribution is -2.49. The van der Waals surface area contributed by atoms with Crippen LogP contribution in [0, 0.1) is 0 Å². The van der Waals surface area contributed by atoms with E-state index in [9.17, 15) is 9.59 Å². The summed E-state index contributed by atoms with van der Waals surface area (Å²) in [6, 6.07) is 0. The Kier molecular flexibility index (Phi) is 7.65. The Balaban J connectivity index is 5.08. The maximum atomic E-state index is 10.8. The molecule has 19 heavy (non-hydrogen) atoms. The van der Waals surface area contributed by atoms with Crippen molar-refractivity contribution in [2.24, 2.45) is 5.16 Å². The van der Waals surface area contributed by atoms with Crippen LogP contribution in [0.15, 0.2) is 5.16 Å². The summed E-state index contributed by atoms with van der Waals surface area (Å²) in [5, 5.41) is 12.5. The van der Waals surface area contributed by atoms with Crippen molar-refractivity contribution in [1.82, 2.24) is 0 Å². The van der Waals surface area contributed by atoms with Crippen LogP contribution in [0.3, 0.4) is 0 Å². The second-order valence-electron chi connectivity index (χ2n) is 3.33. The predicted molar refractivity (Wildman–Crippen MR) is 61.2 cm³/mol. The molecule has 1 N–H and O–H groups in total. The van der Waals surface area contributed by atoms with Gasteiger partial charge in [0.1, 0.15) is 13.7 Å². The molecule has 0 bridgehead atoms. The van der Waals surface area contributed by atoms with Crippen molar-refractivity contribution in [3.63, 3.8) is 0 Å². The maximum Gasteiger partial charge on any atom is 0.303 e. The molecular formula is C10H17NO8. The van der Waals surface area contributed by atoms with Crippen molar-refractivity contribution in [1.29, 1.82) is 0 Å². The van der Waals surface area contributed by atoms with Crippen molar-refractivity contribution in [2.75, 3.05) is 27.4 Å². The van der Waals surface area contributed by atoms with Gasteiger partial charge in [0.25, 0.3) is 5.79 Å². The van der Waals surface area contributed by atoms with Crippen LogP contribution in [0.1, 0.15) is 13.8 Å². The fourth-order valence-electron chi connectivity index (χ4n) is 1.06. The van der Waals surface area contributed by atoms with Crippen molar-refractivity contribution in [3.8, 4) is 0 Å². The molecule has 1 unspecified atom stereocenters. The monoisotopic (exact) mass is 279 g/mol. The van der Waals surface area contributed by atoms with Crippen LogP contribution in [0.5, 0.6) is 0 Å². The number of esters is 2. The van der Waals surface area contributed by atoms with Gasteiger partial charge in [0, 0.05) is 21.0 Å². The van der Waals surface area contributed by atoms with E-state index in [-0.39, 0.29) is 12.3 Å². The first-order valence-corrected chi connectivity index (χ1v) is 5.16. The summed E-state index contributed by atoms with van der Waals surface area (Å²) in [7, 11) is 2.41. The maximum absolute atomic E-state index is 10.8. The van der Waals surface area contributed by atoms with E-state index in [0.717, 1.165) is 6.92 Å². The molecule has 0 saturated carbocycles. The molecule has 0 fully saturated rings. The second kappa shape index (κ2) is 8.40. The van der Waals surface area contributed by atoms with E-state index in [4.69, 9.17) is 19.5 Å². The fraction of sp³-hybridized carbons (Fsp3) is 0.700. The number of oxime groups is 1. The van der Waals surface area contributed by atoms with Crippen LogP contribution in [-0.4, -0.2) is 56.1 Å². The molecular weight excluding hydrogens is 262 g/mol. The molecule has 0 aromatic heterocycles. The second-order valence-corrected chi connectivity index (χ2v) is 3.33. The van der Waals surface area contributed by atoms with Gasteiger partial charge in [-0.25, -0.2) is 5.26 Å². The summed E-state index contributed by atoms with van der Waals surface area (Å²) in [5.74, 6) is -3.13. The molecule has 0 amide bonds. The zero-order chi connectivity index (χ0) is 14.9. The van der Waals surface area contributed by atoms with Crippen LogP contribution >= 0.6 is 0 Å². The molecule has 9 nitrogen and oxygen atoms in total. The number of methoxy groups -OCH3 is 1. The molecule has 0 aliphatic heterocycles. The van der Waals surface area contributed by atoms with Crippen molar-refractivity contribution < 1.29 is 38.8 Å². The van der Waals surface area contributed by atoms with Crippen LogP contribution in [0.2, 0.25) is 0 Å². The zero-order valence-electron chi connectivity index (χ0n) is 11.2. The van der Waals surface area contributed by atoms with Crippen LogP contribution in [-0.2, 0) is 33.5 Å². The summed E-state index contributed by atoms with van der Waals surface area (Å²) in [6.07, 6.45) is 0.